The normalized spacial score (nSPS) is 17.3. The first kappa shape index (κ1) is 17.4. The maximum atomic E-state index is 12.8. The predicted octanol–water partition coefficient (Wildman–Crippen LogP) is 4.31. The highest BCUT2D eigenvalue weighted by atomic mass is 32.2. The summed E-state index contributed by atoms with van der Waals surface area (Å²) >= 11 is 4.38. The van der Waals surface area contributed by atoms with Crippen molar-refractivity contribution in [1.29, 1.82) is 0 Å². The molecular weight excluding hydrogens is 386 g/mol. The number of aryl methyl sites for hydroxylation is 2. The van der Waals surface area contributed by atoms with Crippen molar-refractivity contribution in [3.8, 4) is 9.88 Å². The maximum absolute atomic E-state index is 12.8. The third-order valence-electron chi connectivity index (χ3n) is 4.08. The lowest BCUT2D eigenvalue weighted by Crippen LogP contribution is -2.31. The summed E-state index contributed by atoms with van der Waals surface area (Å²) in [5.41, 5.74) is 2.70. The first-order chi connectivity index (χ1) is 12.5. The van der Waals surface area contributed by atoms with Crippen LogP contribution in [0.25, 0.3) is 9.88 Å². The quantitative estimate of drug-likeness (QED) is 0.610. The summed E-state index contributed by atoms with van der Waals surface area (Å²) in [6.07, 6.45) is 0.185. The molecule has 0 N–H and O–H groups in total. The van der Waals surface area contributed by atoms with E-state index in [-0.39, 0.29) is 18.2 Å². The van der Waals surface area contributed by atoms with Crippen molar-refractivity contribution in [3.63, 3.8) is 0 Å². The van der Waals surface area contributed by atoms with E-state index >= 15 is 0 Å². The summed E-state index contributed by atoms with van der Waals surface area (Å²) in [6, 6.07) is 9.70. The van der Waals surface area contributed by atoms with Crippen LogP contribution in [0.4, 0.5) is 5.69 Å². The highest BCUT2D eigenvalue weighted by Gasteiger charge is 2.41. The molecule has 0 radical (unpaired) electrons. The fraction of sp³-hybridized carbons (Fsp3) is 0.222. The van der Waals surface area contributed by atoms with Gasteiger partial charge in [0.25, 0.3) is 0 Å². The van der Waals surface area contributed by atoms with E-state index in [1.165, 1.54) is 28.0 Å². The molecule has 0 saturated carbocycles. The standard InChI is InChI=1S/C18H15N3O2S3/c1-10-5-6-12(11(2)8-10)21-15(22)9-14(17(21)23)25-18-20-19-16(26-18)13-4-3-7-24-13/h3-8,14H,9H2,1-2H3. The molecule has 4 rings (SSSR count). The number of benzene rings is 1. The van der Waals surface area contributed by atoms with Crippen molar-refractivity contribution < 1.29 is 9.59 Å². The van der Waals surface area contributed by atoms with Gasteiger partial charge in [-0.2, -0.15) is 0 Å². The Kier molecular flexibility index (Phi) is 4.64. The number of rotatable bonds is 4. The number of nitrogens with zero attached hydrogens (tertiary/aromatic N) is 3. The Bertz CT molecular complexity index is 981. The number of carbonyl (C=O) groups excluding carboxylic acids is 2. The molecule has 1 aliphatic heterocycles. The van der Waals surface area contributed by atoms with E-state index in [1.54, 1.807) is 11.3 Å². The Morgan fingerprint density at radius 1 is 1.19 bits per heavy atom. The van der Waals surface area contributed by atoms with Crippen molar-refractivity contribution >= 4 is 51.9 Å². The third-order valence-corrected chi connectivity index (χ3v) is 7.31. The zero-order valence-corrected chi connectivity index (χ0v) is 16.6. The lowest BCUT2D eigenvalue weighted by atomic mass is 10.1. The van der Waals surface area contributed by atoms with Crippen molar-refractivity contribution in [1.82, 2.24) is 10.2 Å². The summed E-state index contributed by atoms with van der Waals surface area (Å²) in [5, 5.41) is 10.7. The van der Waals surface area contributed by atoms with E-state index in [4.69, 9.17) is 0 Å². The van der Waals surface area contributed by atoms with Crippen molar-refractivity contribution in [2.24, 2.45) is 0 Å². The summed E-state index contributed by atoms with van der Waals surface area (Å²) in [4.78, 5) is 27.7. The van der Waals surface area contributed by atoms with Gasteiger partial charge in [0.05, 0.1) is 10.6 Å². The van der Waals surface area contributed by atoms with Crippen LogP contribution in [0.15, 0.2) is 40.1 Å². The number of carbonyl (C=O) groups is 2. The van der Waals surface area contributed by atoms with Crippen molar-refractivity contribution in [2.75, 3.05) is 4.90 Å². The topological polar surface area (TPSA) is 63.2 Å². The Hall–Kier alpha value is -2.03. The second-order valence-electron chi connectivity index (χ2n) is 6.02. The fourth-order valence-corrected chi connectivity index (χ4v) is 5.79. The van der Waals surface area contributed by atoms with Gasteiger partial charge >= 0.3 is 0 Å². The van der Waals surface area contributed by atoms with Gasteiger partial charge < -0.3 is 0 Å². The van der Waals surface area contributed by atoms with Crippen LogP contribution in [0.3, 0.4) is 0 Å². The molecular formula is C18H15N3O2S3. The van der Waals surface area contributed by atoms with Gasteiger partial charge in [-0.15, -0.1) is 21.5 Å². The van der Waals surface area contributed by atoms with E-state index in [0.717, 1.165) is 21.0 Å². The van der Waals surface area contributed by atoms with Crippen LogP contribution < -0.4 is 4.90 Å². The van der Waals surface area contributed by atoms with Gasteiger partial charge in [0, 0.05) is 6.42 Å². The summed E-state index contributed by atoms with van der Waals surface area (Å²) in [5.74, 6) is -0.345. The minimum atomic E-state index is -0.452. The monoisotopic (exact) mass is 401 g/mol. The van der Waals surface area contributed by atoms with E-state index in [1.807, 2.05) is 49.6 Å². The highest BCUT2D eigenvalue weighted by molar-refractivity contribution is 8.02. The number of imide groups is 1. The van der Waals surface area contributed by atoms with E-state index in [0.29, 0.717) is 10.0 Å². The lowest BCUT2D eigenvalue weighted by molar-refractivity contribution is -0.121. The number of thioether (sulfide) groups is 1. The molecule has 3 heterocycles. The molecule has 1 saturated heterocycles. The molecule has 1 aromatic carbocycles. The van der Waals surface area contributed by atoms with E-state index in [2.05, 4.69) is 10.2 Å². The number of thiophene rings is 1. The van der Waals surface area contributed by atoms with Crippen LogP contribution in [0.1, 0.15) is 17.5 Å². The molecule has 26 heavy (non-hydrogen) atoms. The molecule has 1 aliphatic rings. The second-order valence-corrected chi connectivity index (χ2v) is 9.39. The smallest absolute Gasteiger partial charge is 0.247 e. The molecule has 2 amide bonds. The summed E-state index contributed by atoms with van der Waals surface area (Å²) in [6.45, 7) is 3.91. The third kappa shape index (κ3) is 3.20. The van der Waals surface area contributed by atoms with Crippen LogP contribution >= 0.6 is 34.4 Å². The van der Waals surface area contributed by atoms with Gasteiger partial charge in [0.2, 0.25) is 11.8 Å². The first-order valence-corrected chi connectivity index (χ1v) is 10.6. The fourth-order valence-electron chi connectivity index (χ4n) is 2.88. The Morgan fingerprint density at radius 3 is 2.77 bits per heavy atom. The molecule has 132 valence electrons. The second kappa shape index (κ2) is 6.94. The summed E-state index contributed by atoms with van der Waals surface area (Å²) < 4.78 is 0.710. The zero-order chi connectivity index (χ0) is 18.3. The highest BCUT2D eigenvalue weighted by Crippen LogP contribution is 2.38. The van der Waals surface area contributed by atoms with Crippen LogP contribution in [0, 0.1) is 13.8 Å². The Morgan fingerprint density at radius 2 is 2.04 bits per heavy atom. The number of aromatic nitrogens is 2. The minimum Gasteiger partial charge on any atom is -0.274 e. The van der Waals surface area contributed by atoms with Gasteiger partial charge in [-0.1, -0.05) is 46.9 Å². The number of amides is 2. The zero-order valence-electron chi connectivity index (χ0n) is 14.1. The largest absolute Gasteiger partial charge is 0.274 e. The van der Waals surface area contributed by atoms with Crippen LogP contribution in [0.5, 0.6) is 0 Å². The van der Waals surface area contributed by atoms with Crippen molar-refractivity contribution in [3.05, 3.63) is 46.8 Å². The van der Waals surface area contributed by atoms with E-state index in [9.17, 15) is 9.59 Å². The van der Waals surface area contributed by atoms with Crippen LogP contribution in [-0.4, -0.2) is 27.3 Å². The molecule has 3 aromatic rings. The Balaban J connectivity index is 1.54. The molecule has 5 nitrogen and oxygen atoms in total. The number of anilines is 1. The lowest BCUT2D eigenvalue weighted by Gasteiger charge is -2.17. The van der Waals surface area contributed by atoms with Gasteiger partial charge in [0.15, 0.2) is 9.35 Å². The Labute approximate surface area is 163 Å². The molecule has 1 fully saturated rings. The van der Waals surface area contributed by atoms with Crippen LogP contribution in [0.2, 0.25) is 0 Å². The molecule has 8 heteroatoms. The van der Waals surface area contributed by atoms with Gasteiger partial charge in [-0.3, -0.25) is 9.59 Å². The molecule has 0 bridgehead atoms. The average Bonchev–Trinajstić information content (AvgIpc) is 3.31. The SMILES string of the molecule is Cc1ccc(N2C(=O)CC(Sc3nnc(-c4cccs4)s3)C2=O)c(C)c1. The van der Waals surface area contributed by atoms with Crippen molar-refractivity contribution in [2.45, 2.75) is 29.9 Å². The maximum Gasteiger partial charge on any atom is 0.247 e. The summed E-state index contributed by atoms with van der Waals surface area (Å²) in [7, 11) is 0. The van der Waals surface area contributed by atoms with Gasteiger partial charge in [-0.25, -0.2) is 4.90 Å². The minimum absolute atomic E-state index is 0.164. The molecule has 1 atom stereocenters. The first-order valence-electron chi connectivity index (χ1n) is 8.01. The van der Waals surface area contributed by atoms with E-state index < -0.39 is 5.25 Å². The number of hydrogen-bond donors (Lipinski definition) is 0. The molecule has 2 aromatic heterocycles. The molecule has 0 spiro atoms. The molecule has 1 unspecified atom stereocenters. The molecule has 0 aliphatic carbocycles. The number of hydrogen-bond acceptors (Lipinski definition) is 7. The van der Waals surface area contributed by atoms with Gasteiger partial charge in [-0.05, 0) is 36.9 Å². The van der Waals surface area contributed by atoms with Crippen LogP contribution in [-0.2, 0) is 9.59 Å². The predicted molar refractivity (Wildman–Crippen MR) is 106 cm³/mol. The average molecular weight is 402 g/mol. The van der Waals surface area contributed by atoms with Gasteiger partial charge in [0.1, 0.15) is 5.25 Å².